The first kappa shape index (κ1) is 13.6. The quantitative estimate of drug-likeness (QED) is 0.202. The van der Waals surface area contributed by atoms with Crippen LogP contribution in [0.1, 0.15) is 1.43 Å². The molecule has 0 aromatic rings. The molecule has 7 nitrogen and oxygen atoms in total. The molecular weight excluding hydrogens is 190 g/mol. The number of carbonyl (C=O) groups excluding carboxylic acids is 1. The molecule has 56 valence electrons. The summed E-state index contributed by atoms with van der Waals surface area (Å²) in [4.78, 5) is 25.5. The van der Waals surface area contributed by atoms with E-state index in [4.69, 9.17) is 9.79 Å². The van der Waals surface area contributed by atoms with Crippen molar-refractivity contribution in [1.29, 1.82) is 0 Å². The van der Waals surface area contributed by atoms with Gasteiger partial charge in [0.15, 0.2) is 0 Å². The summed E-state index contributed by atoms with van der Waals surface area (Å²) in [7, 11) is -4.63. The summed E-state index contributed by atoms with van der Waals surface area (Å²) in [6, 6.07) is -1.17. The van der Waals surface area contributed by atoms with Crippen molar-refractivity contribution >= 4 is 13.9 Å². The molecular formula is CH6KN2O5P. The molecule has 0 atom stereocenters. The number of amides is 2. The normalized spacial score (nSPS) is 9.80. The van der Waals surface area contributed by atoms with Crippen LogP contribution in [0.15, 0.2) is 0 Å². The molecule has 0 saturated heterocycles. The minimum Gasteiger partial charge on any atom is -1.00 e. The van der Waals surface area contributed by atoms with Crippen LogP contribution in [-0.4, -0.2) is 15.8 Å². The van der Waals surface area contributed by atoms with E-state index in [1.165, 1.54) is 5.48 Å². The van der Waals surface area contributed by atoms with Crippen LogP contribution in [0.3, 0.4) is 0 Å². The SMILES string of the molecule is NC(=O)NOP(=O)(O)O.[H-].[K+]. The Morgan fingerprint density at radius 1 is 1.70 bits per heavy atom. The zero-order chi connectivity index (χ0) is 7.49. The predicted octanol–water partition coefficient (Wildman–Crippen LogP) is -4.20. The number of rotatable bonds is 2. The Morgan fingerprint density at radius 3 is 2.20 bits per heavy atom. The summed E-state index contributed by atoms with van der Waals surface area (Å²) in [6.45, 7) is 0. The van der Waals surface area contributed by atoms with E-state index in [1.54, 1.807) is 0 Å². The fourth-order valence-electron chi connectivity index (χ4n) is 0.104. The molecule has 0 saturated carbocycles. The smallest absolute Gasteiger partial charge is 1.00 e. The number of carbonyl (C=O) groups is 1. The monoisotopic (exact) mass is 196 g/mol. The second-order valence-electron chi connectivity index (χ2n) is 1.05. The molecule has 5 N–H and O–H groups in total. The minimum absolute atomic E-state index is 0. The van der Waals surface area contributed by atoms with E-state index in [-0.39, 0.29) is 52.8 Å². The third kappa shape index (κ3) is 11.8. The molecule has 0 rings (SSSR count). The number of nitrogens with one attached hydrogen (secondary N) is 1. The summed E-state index contributed by atoms with van der Waals surface area (Å²) < 4.78 is 13.2. The van der Waals surface area contributed by atoms with Gasteiger partial charge in [0.05, 0.1) is 0 Å². The van der Waals surface area contributed by atoms with Crippen LogP contribution in [0.2, 0.25) is 0 Å². The summed E-state index contributed by atoms with van der Waals surface area (Å²) in [5, 5.41) is 0. The minimum atomic E-state index is -4.63. The number of hydroxylamine groups is 1. The van der Waals surface area contributed by atoms with Gasteiger partial charge >= 0.3 is 65.2 Å². The Morgan fingerprint density at radius 2 is 2.10 bits per heavy atom. The van der Waals surface area contributed by atoms with E-state index < -0.39 is 13.9 Å². The number of nitrogens with two attached hydrogens (primary N) is 1. The number of primary amides is 1. The maximum atomic E-state index is 9.74. The first-order valence-corrected chi connectivity index (χ1v) is 3.24. The molecule has 0 aliphatic carbocycles. The third-order valence-electron chi connectivity index (χ3n) is 0.265. The van der Waals surface area contributed by atoms with Gasteiger partial charge in [-0.2, -0.15) is 4.62 Å². The number of hydrogen-bond acceptors (Lipinski definition) is 3. The van der Waals surface area contributed by atoms with Crippen molar-refractivity contribution in [3.63, 3.8) is 0 Å². The molecule has 10 heavy (non-hydrogen) atoms. The van der Waals surface area contributed by atoms with Crippen molar-refractivity contribution in [2.75, 3.05) is 0 Å². The van der Waals surface area contributed by atoms with Crippen LogP contribution in [0, 0.1) is 0 Å². The summed E-state index contributed by atoms with van der Waals surface area (Å²) >= 11 is 0. The summed E-state index contributed by atoms with van der Waals surface area (Å²) in [5.74, 6) is 0. The van der Waals surface area contributed by atoms with E-state index in [1.807, 2.05) is 0 Å². The first-order chi connectivity index (χ1) is 3.92. The Hall–Kier alpha value is 1.02. The van der Waals surface area contributed by atoms with Gasteiger partial charge in [0.25, 0.3) is 0 Å². The molecule has 0 unspecified atom stereocenters. The second-order valence-corrected chi connectivity index (χ2v) is 2.21. The standard InChI is InChI=1S/CH5N2O5P.K.H/c2-1(4)3-8-9(5,6)7;;/h(H3,2,3,4)(H2,5,6,7);;/q;+1;-1. The predicted molar refractivity (Wildman–Crippen MR) is 27.0 cm³/mol. The summed E-state index contributed by atoms with van der Waals surface area (Å²) in [6.07, 6.45) is 0. The van der Waals surface area contributed by atoms with E-state index in [9.17, 15) is 9.36 Å². The Bertz CT molecular complexity index is 159. The molecule has 2 amide bonds. The van der Waals surface area contributed by atoms with Crippen LogP contribution in [0.25, 0.3) is 0 Å². The van der Waals surface area contributed by atoms with E-state index in [0.717, 1.165) is 0 Å². The van der Waals surface area contributed by atoms with Crippen LogP contribution in [-0.2, 0) is 9.19 Å². The van der Waals surface area contributed by atoms with Crippen molar-refractivity contribution in [2.24, 2.45) is 5.73 Å². The van der Waals surface area contributed by atoms with E-state index in [0.29, 0.717) is 0 Å². The van der Waals surface area contributed by atoms with Gasteiger partial charge in [-0.25, -0.2) is 14.8 Å². The van der Waals surface area contributed by atoms with Gasteiger partial charge in [-0.15, -0.1) is 0 Å². The average molecular weight is 196 g/mol. The van der Waals surface area contributed by atoms with Crippen LogP contribution in [0.4, 0.5) is 4.79 Å². The third-order valence-corrected chi connectivity index (χ3v) is 0.594. The maximum Gasteiger partial charge on any atom is 1.00 e. The topological polar surface area (TPSA) is 122 Å². The molecule has 0 radical (unpaired) electrons. The maximum absolute atomic E-state index is 9.74. The van der Waals surface area contributed by atoms with Gasteiger partial charge in [0, 0.05) is 0 Å². The Labute approximate surface area is 100 Å². The summed E-state index contributed by atoms with van der Waals surface area (Å²) in [5.41, 5.74) is 5.64. The molecule has 0 aromatic carbocycles. The van der Waals surface area contributed by atoms with Gasteiger partial charge in [-0.05, 0) is 0 Å². The second kappa shape index (κ2) is 5.64. The number of hydrogen-bond donors (Lipinski definition) is 4. The molecule has 0 aliphatic heterocycles. The van der Waals surface area contributed by atoms with Crippen LogP contribution < -0.4 is 62.6 Å². The fraction of sp³-hybridized carbons (Fsp3) is 0. The van der Waals surface area contributed by atoms with Gasteiger partial charge in [0.1, 0.15) is 0 Å². The van der Waals surface area contributed by atoms with E-state index in [2.05, 4.69) is 10.4 Å². The van der Waals surface area contributed by atoms with Gasteiger partial charge in [-0.1, -0.05) is 0 Å². The van der Waals surface area contributed by atoms with Gasteiger partial charge in [-0.3, -0.25) is 0 Å². The molecule has 0 fully saturated rings. The van der Waals surface area contributed by atoms with E-state index >= 15 is 0 Å². The Balaban J connectivity index is -0.000000320. The molecule has 9 heteroatoms. The first-order valence-electron chi connectivity index (χ1n) is 1.71. The van der Waals surface area contributed by atoms with Crippen molar-refractivity contribution < 1.29 is 76.6 Å². The van der Waals surface area contributed by atoms with Gasteiger partial charge < -0.3 is 16.9 Å². The van der Waals surface area contributed by atoms with Crippen LogP contribution >= 0.6 is 7.82 Å². The fourth-order valence-corrected chi connectivity index (χ4v) is 0.313. The molecule has 0 aliphatic rings. The average Bonchev–Trinajstić information content (AvgIpc) is 1.59. The van der Waals surface area contributed by atoms with Gasteiger partial charge in [0.2, 0.25) is 0 Å². The Kier molecular flexibility index (Phi) is 7.67. The molecule has 0 heterocycles. The molecule has 0 bridgehead atoms. The molecule has 0 spiro atoms. The zero-order valence-corrected chi connectivity index (χ0v) is 9.16. The molecule has 0 aromatic heterocycles. The number of phosphoric acid groups is 1. The van der Waals surface area contributed by atoms with Crippen molar-refractivity contribution in [3.05, 3.63) is 0 Å². The van der Waals surface area contributed by atoms with Crippen LogP contribution in [0.5, 0.6) is 0 Å². The van der Waals surface area contributed by atoms with Crippen molar-refractivity contribution in [2.45, 2.75) is 0 Å². The number of urea groups is 1. The van der Waals surface area contributed by atoms with Crippen molar-refractivity contribution in [1.82, 2.24) is 5.48 Å². The zero-order valence-electron chi connectivity index (χ0n) is 6.14. The van der Waals surface area contributed by atoms with Crippen molar-refractivity contribution in [3.8, 4) is 0 Å². The largest absolute Gasteiger partial charge is 1.00 e.